The van der Waals surface area contributed by atoms with Gasteiger partial charge in [-0.2, -0.15) is 9.97 Å². The Morgan fingerprint density at radius 3 is 2.08 bits per heavy atom. The number of fused-ring (bicyclic) bond motifs is 1. The fourth-order valence-corrected chi connectivity index (χ4v) is 4.98. The van der Waals surface area contributed by atoms with Gasteiger partial charge in [-0.3, -0.25) is 0 Å². The molecular formula is C31H31N5O2S. The van der Waals surface area contributed by atoms with Crippen molar-refractivity contribution in [1.29, 1.82) is 0 Å². The Morgan fingerprint density at radius 1 is 0.846 bits per heavy atom. The monoisotopic (exact) mass is 537 g/mol. The topological polar surface area (TPSA) is 89.8 Å². The van der Waals surface area contributed by atoms with Gasteiger partial charge in [-0.25, -0.2) is 13.4 Å². The van der Waals surface area contributed by atoms with Crippen LogP contribution in [0.1, 0.15) is 36.0 Å². The number of nitrogens with zero attached hydrogens (tertiary/aromatic N) is 4. The minimum absolute atomic E-state index is 0.203. The van der Waals surface area contributed by atoms with Gasteiger partial charge in [-0.05, 0) is 41.5 Å². The minimum atomic E-state index is -3.60. The predicted molar refractivity (Wildman–Crippen MR) is 156 cm³/mol. The molecule has 198 valence electrons. The van der Waals surface area contributed by atoms with Gasteiger partial charge in [-0.1, -0.05) is 97.1 Å². The molecule has 0 unspecified atom stereocenters. The van der Waals surface area contributed by atoms with E-state index in [9.17, 15) is 8.42 Å². The summed E-state index contributed by atoms with van der Waals surface area (Å²) in [5.41, 5.74) is 5.76. The van der Waals surface area contributed by atoms with Gasteiger partial charge in [0.1, 0.15) is 0 Å². The Labute approximate surface area is 229 Å². The van der Waals surface area contributed by atoms with E-state index in [0.29, 0.717) is 30.1 Å². The molecule has 7 nitrogen and oxygen atoms in total. The van der Waals surface area contributed by atoms with Crippen LogP contribution in [-0.4, -0.2) is 40.7 Å². The molecule has 0 fully saturated rings. The van der Waals surface area contributed by atoms with E-state index in [-0.39, 0.29) is 5.16 Å². The Kier molecular flexibility index (Phi) is 8.13. The van der Waals surface area contributed by atoms with Crippen LogP contribution < -0.4 is 5.32 Å². The zero-order valence-corrected chi connectivity index (χ0v) is 22.7. The highest BCUT2D eigenvalue weighted by atomic mass is 32.2. The van der Waals surface area contributed by atoms with Crippen molar-refractivity contribution in [2.45, 2.75) is 31.0 Å². The van der Waals surface area contributed by atoms with Gasteiger partial charge < -0.3 is 9.88 Å². The highest BCUT2D eigenvalue weighted by molar-refractivity contribution is 7.90. The predicted octanol–water partition coefficient (Wildman–Crippen LogP) is 5.99. The molecule has 0 atom stereocenters. The first kappa shape index (κ1) is 26.3. The summed E-state index contributed by atoms with van der Waals surface area (Å²) in [5.74, 6) is 0.442. The molecule has 0 spiro atoms. The summed E-state index contributed by atoms with van der Waals surface area (Å²) in [4.78, 5) is 13.2. The summed E-state index contributed by atoms with van der Waals surface area (Å²) >= 11 is 0. The van der Waals surface area contributed by atoms with Crippen LogP contribution in [-0.2, 0) is 16.4 Å². The maximum absolute atomic E-state index is 12.3. The fraction of sp³-hybridized carbons (Fsp3) is 0.194. The highest BCUT2D eigenvalue weighted by Gasteiger charge is 2.19. The van der Waals surface area contributed by atoms with Gasteiger partial charge in [-0.15, -0.1) is 0 Å². The van der Waals surface area contributed by atoms with E-state index in [0.717, 1.165) is 31.1 Å². The maximum atomic E-state index is 12.3. The summed E-state index contributed by atoms with van der Waals surface area (Å²) in [6, 6.07) is 30.8. The first-order valence-electron chi connectivity index (χ1n) is 13.0. The molecule has 5 aromatic rings. The number of hydrogen-bond donors (Lipinski definition) is 1. The summed E-state index contributed by atoms with van der Waals surface area (Å²) in [7, 11) is -3.60. The highest BCUT2D eigenvalue weighted by Crippen LogP contribution is 2.25. The zero-order chi connectivity index (χ0) is 27.1. The molecule has 2 aromatic heterocycles. The van der Waals surface area contributed by atoms with E-state index >= 15 is 0 Å². The van der Waals surface area contributed by atoms with E-state index in [1.165, 1.54) is 16.7 Å². The summed E-state index contributed by atoms with van der Waals surface area (Å²) < 4.78 is 26.5. The average molecular weight is 538 g/mol. The number of anilines is 1. The van der Waals surface area contributed by atoms with Crippen molar-refractivity contribution in [2.75, 3.05) is 18.1 Å². The molecule has 5 rings (SSSR count). The largest absolute Gasteiger partial charge is 0.368 e. The lowest BCUT2D eigenvalue weighted by Crippen LogP contribution is -2.11. The van der Waals surface area contributed by atoms with E-state index in [1.807, 2.05) is 47.0 Å². The molecule has 39 heavy (non-hydrogen) atoms. The van der Waals surface area contributed by atoms with Crippen LogP contribution in [0.3, 0.4) is 0 Å². The Bertz CT molecular complexity index is 1620. The number of rotatable bonds is 11. The number of benzene rings is 3. The first-order valence-corrected chi connectivity index (χ1v) is 14.9. The maximum Gasteiger partial charge on any atom is 0.250 e. The Hall–Kier alpha value is -4.30. The third-order valence-corrected chi connectivity index (χ3v) is 7.26. The van der Waals surface area contributed by atoms with Crippen LogP contribution in [0.5, 0.6) is 0 Å². The number of imidazole rings is 1. The molecule has 1 N–H and O–H groups in total. The lowest BCUT2D eigenvalue weighted by atomic mass is 9.96. The molecular weight excluding hydrogens is 506 g/mol. The molecule has 0 amide bonds. The molecule has 0 bridgehead atoms. The molecule has 0 aliphatic heterocycles. The number of unbranched alkanes of at least 4 members (excludes halogenated alkanes) is 2. The van der Waals surface area contributed by atoms with Crippen molar-refractivity contribution in [1.82, 2.24) is 19.5 Å². The van der Waals surface area contributed by atoms with Crippen LogP contribution >= 0.6 is 0 Å². The first-order chi connectivity index (χ1) is 19.0. The normalized spacial score (nSPS) is 11.4. The molecule has 0 radical (unpaired) electrons. The van der Waals surface area contributed by atoms with E-state index < -0.39 is 9.84 Å². The van der Waals surface area contributed by atoms with Crippen LogP contribution in [0, 0.1) is 0 Å². The van der Waals surface area contributed by atoms with Gasteiger partial charge in [0.05, 0.1) is 12.9 Å². The summed E-state index contributed by atoms with van der Waals surface area (Å²) in [5, 5.41) is 3.11. The van der Waals surface area contributed by atoms with Crippen molar-refractivity contribution in [3.8, 4) is 0 Å². The third kappa shape index (κ3) is 6.59. The fourth-order valence-electron chi connectivity index (χ4n) is 4.47. The summed E-state index contributed by atoms with van der Waals surface area (Å²) in [6.07, 6.45) is 7.87. The molecule has 0 saturated carbocycles. The lowest BCUT2D eigenvalue weighted by molar-refractivity contribution is 0.593. The van der Waals surface area contributed by atoms with Crippen LogP contribution in [0.2, 0.25) is 0 Å². The second-order valence-corrected chi connectivity index (χ2v) is 11.3. The van der Waals surface area contributed by atoms with E-state index in [2.05, 4.69) is 74.9 Å². The van der Waals surface area contributed by atoms with Gasteiger partial charge in [0.25, 0.3) is 5.16 Å². The number of allylic oxidation sites excluding steroid dienone is 1. The zero-order valence-electron chi connectivity index (χ0n) is 21.9. The number of hydrogen-bond acceptors (Lipinski definition) is 6. The van der Waals surface area contributed by atoms with E-state index in [4.69, 9.17) is 0 Å². The van der Waals surface area contributed by atoms with Crippen LogP contribution in [0.4, 0.5) is 5.82 Å². The second-order valence-electron chi connectivity index (χ2n) is 9.43. The SMILES string of the molecule is CS(=O)(=O)c1nc(NCCCCC=C(c2ccccc2)c2ccccc2)c2ncn(Cc3ccccc3)c2n1. The number of aromatic nitrogens is 4. The summed E-state index contributed by atoms with van der Waals surface area (Å²) in [6.45, 7) is 1.18. The lowest BCUT2D eigenvalue weighted by Gasteiger charge is -2.10. The van der Waals surface area contributed by atoms with Crippen molar-refractivity contribution in [2.24, 2.45) is 0 Å². The molecule has 3 aromatic carbocycles. The minimum Gasteiger partial charge on any atom is -0.368 e. The molecule has 0 aliphatic rings. The van der Waals surface area contributed by atoms with Crippen molar-refractivity contribution in [3.63, 3.8) is 0 Å². The van der Waals surface area contributed by atoms with Gasteiger partial charge in [0, 0.05) is 12.8 Å². The Balaban J connectivity index is 1.29. The number of nitrogens with one attached hydrogen (secondary N) is 1. The third-order valence-electron chi connectivity index (χ3n) is 6.41. The van der Waals surface area contributed by atoms with Crippen molar-refractivity contribution < 1.29 is 8.42 Å². The van der Waals surface area contributed by atoms with Crippen molar-refractivity contribution >= 4 is 32.4 Å². The average Bonchev–Trinajstić information content (AvgIpc) is 3.36. The Morgan fingerprint density at radius 2 is 1.46 bits per heavy atom. The second kappa shape index (κ2) is 12.0. The van der Waals surface area contributed by atoms with Gasteiger partial charge in [0.15, 0.2) is 17.0 Å². The van der Waals surface area contributed by atoms with Gasteiger partial charge in [0.2, 0.25) is 9.84 Å². The van der Waals surface area contributed by atoms with E-state index in [1.54, 1.807) is 6.33 Å². The molecule has 0 aliphatic carbocycles. The molecule has 2 heterocycles. The quantitative estimate of drug-likeness (QED) is 0.164. The molecule has 8 heteroatoms. The van der Waals surface area contributed by atoms with Crippen LogP contribution in [0.25, 0.3) is 16.7 Å². The van der Waals surface area contributed by atoms with Crippen LogP contribution in [0.15, 0.2) is 109 Å². The number of sulfone groups is 1. The smallest absolute Gasteiger partial charge is 0.250 e. The standard InChI is InChI=1S/C31H31N5O2S/c1-39(37,38)31-34-29(28-30(35-31)36(23-33-28)22-24-14-6-2-7-15-24)32-21-13-5-12-20-27(25-16-8-3-9-17-25)26-18-10-4-11-19-26/h2-4,6-11,14-20,23H,5,12-13,21-22H2,1H3,(H,32,34,35). The van der Waals surface area contributed by atoms with Crippen molar-refractivity contribution in [3.05, 3.63) is 120 Å². The molecule has 0 saturated heterocycles. The van der Waals surface area contributed by atoms with Gasteiger partial charge >= 0.3 is 0 Å².